The summed E-state index contributed by atoms with van der Waals surface area (Å²) in [6.07, 6.45) is 3.11. The number of benzene rings is 1. The molecule has 1 saturated heterocycles. The molecule has 1 unspecified atom stereocenters. The first-order chi connectivity index (χ1) is 15.7. The summed E-state index contributed by atoms with van der Waals surface area (Å²) in [6, 6.07) is 7.24. The topological polar surface area (TPSA) is 76.6 Å². The molecular weight excluding hydrogens is 437 g/mol. The number of anilines is 1. The molecule has 1 fully saturated rings. The van der Waals surface area contributed by atoms with Crippen LogP contribution >= 0.6 is 0 Å². The largest absolute Gasteiger partial charge is 0.489 e. The van der Waals surface area contributed by atoms with E-state index in [0.29, 0.717) is 38.7 Å². The van der Waals surface area contributed by atoms with E-state index in [1.165, 1.54) is 0 Å². The van der Waals surface area contributed by atoms with Gasteiger partial charge in [0.05, 0.1) is 12.5 Å². The van der Waals surface area contributed by atoms with Crippen LogP contribution in [-0.2, 0) is 4.79 Å². The van der Waals surface area contributed by atoms with Crippen molar-refractivity contribution >= 4 is 11.7 Å². The van der Waals surface area contributed by atoms with Gasteiger partial charge in [-0.25, -0.2) is 13.8 Å². The second-order valence-electron chi connectivity index (χ2n) is 7.97. The molecule has 0 aliphatic carbocycles. The Morgan fingerprint density at radius 3 is 2.76 bits per heavy atom. The molecule has 10 heteroatoms. The quantitative estimate of drug-likeness (QED) is 0.541. The normalized spacial score (nSPS) is 16.9. The minimum Gasteiger partial charge on any atom is -0.489 e. The molecule has 178 valence electrons. The van der Waals surface area contributed by atoms with Crippen molar-refractivity contribution in [1.82, 2.24) is 15.3 Å². The fourth-order valence-electron chi connectivity index (χ4n) is 3.38. The second-order valence-corrected chi connectivity index (χ2v) is 7.97. The van der Waals surface area contributed by atoms with Crippen LogP contribution in [0.1, 0.15) is 31.7 Å². The van der Waals surface area contributed by atoms with Crippen LogP contribution in [0.5, 0.6) is 11.6 Å². The molecule has 1 aromatic heterocycles. The van der Waals surface area contributed by atoms with E-state index in [9.17, 15) is 18.0 Å². The monoisotopic (exact) mass is 464 g/mol. The maximum atomic E-state index is 14.7. The van der Waals surface area contributed by atoms with Crippen molar-refractivity contribution < 1.29 is 27.4 Å². The Bertz CT molecular complexity index is 966. The third-order valence-corrected chi connectivity index (χ3v) is 5.14. The maximum Gasteiger partial charge on any atom is 0.278 e. The Kier molecular flexibility index (Phi) is 7.78. The summed E-state index contributed by atoms with van der Waals surface area (Å²) < 4.78 is 51.6. The molecule has 1 aromatic carbocycles. The van der Waals surface area contributed by atoms with E-state index in [2.05, 4.69) is 21.9 Å². The maximum absolute atomic E-state index is 14.7. The highest BCUT2D eigenvalue weighted by Gasteiger charge is 2.30. The fourth-order valence-corrected chi connectivity index (χ4v) is 3.38. The average molecular weight is 464 g/mol. The predicted octanol–water partition coefficient (Wildman–Crippen LogP) is 3.71. The first-order valence-corrected chi connectivity index (χ1v) is 10.6. The van der Waals surface area contributed by atoms with Crippen molar-refractivity contribution in [2.45, 2.75) is 38.2 Å². The fraction of sp³-hybridized carbons (Fsp3) is 0.435. The summed E-state index contributed by atoms with van der Waals surface area (Å²) in [6.45, 7) is 6.35. The molecule has 0 spiro atoms. The Labute approximate surface area is 190 Å². The van der Waals surface area contributed by atoms with Gasteiger partial charge in [0.15, 0.2) is 12.4 Å². The number of nitrogens with zero attached hydrogens (tertiary/aromatic N) is 3. The molecular formula is C23H27F3N4O3. The summed E-state index contributed by atoms with van der Waals surface area (Å²) >= 11 is 0. The van der Waals surface area contributed by atoms with Gasteiger partial charge in [-0.3, -0.25) is 4.79 Å². The number of hydrogen-bond donors (Lipinski definition) is 1. The molecule has 0 bridgehead atoms. The highest BCUT2D eigenvalue weighted by atomic mass is 19.3. The number of rotatable bonds is 10. The van der Waals surface area contributed by atoms with Crippen molar-refractivity contribution in [3.05, 3.63) is 54.6 Å². The molecule has 3 rings (SSSR count). The van der Waals surface area contributed by atoms with Crippen molar-refractivity contribution in [3.63, 3.8) is 0 Å². The molecule has 1 amide bonds. The lowest BCUT2D eigenvalue weighted by Gasteiger charge is -2.20. The van der Waals surface area contributed by atoms with Crippen LogP contribution in [-0.4, -0.2) is 54.1 Å². The molecule has 0 saturated carbocycles. The van der Waals surface area contributed by atoms with E-state index in [4.69, 9.17) is 9.47 Å². The summed E-state index contributed by atoms with van der Waals surface area (Å²) in [5, 5.41) is 2.77. The van der Waals surface area contributed by atoms with Crippen molar-refractivity contribution in [2.75, 3.05) is 31.1 Å². The van der Waals surface area contributed by atoms with Crippen molar-refractivity contribution in [3.8, 4) is 11.6 Å². The van der Waals surface area contributed by atoms with Gasteiger partial charge in [0, 0.05) is 26.4 Å². The van der Waals surface area contributed by atoms with Crippen LogP contribution < -0.4 is 19.7 Å². The lowest BCUT2D eigenvalue weighted by atomic mass is 10.0. The van der Waals surface area contributed by atoms with E-state index in [1.807, 2.05) is 19.1 Å². The van der Waals surface area contributed by atoms with Gasteiger partial charge < -0.3 is 19.7 Å². The van der Waals surface area contributed by atoms with E-state index >= 15 is 0 Å². The zero-order valence-corrected chi connectivity index (χ0v) is 18.6. The van der Waals surface area contributed by atoms with Gasteiger partial charge in [0.1, 0.15) is 18.2 Å². The molecule has 2 heterocycles. The number of carbonyl (C=O) groups excluding carboxylic acids is 1. The Morgan fingerprint density at radius 1 is 1.36 bits per heavy atom. The highest BCUT2D eigenvalue weighted by Crippen LogP contribution is 2.29. The van der Waals surface area contributed by atoms with Gasteiger partial charge in [-0.2, -0.15) is 9.37 Å². The molecule has 0 radical (unpaired) electrons. The number of amides is 1. The van der Waals surface area contributed by atoms with E-state index in [1.54, 1.807) is 23.1 Å². The van der Waals surface area contributed by atoms with E-state index < -0.39 is 24.2 Å². The zero-order chi connectivity index (χ0) is 24.0. The summed E-state index contributed by atoms with van der Waals surface area (Å²) in [4.78, 5) is 21.3. The van der Waals surface area contributed by atoms with Gasteiger partial charge in [-0.05, 0) is 24.6 Å². The molecule has 1 N–H and O–H groups in total. The minimum atomic E-state index is -3.10. The number of ether oxygens (including phenoxy) is 2. The van der Waals surface area contributed by atoms with Gasteiger partial charge in [-0.1, -0.05) is 18.2 Å². The number of hydrogen-bond acceptors (Lipinski definition) is 6. The molecule has 2 atom stereocenters. The molecule has 2 aromatic rings. The Morgan fingerprint density at radius 2 is 2.09 bits per heavy atom. The lowest BCUT2D eigenvalue weighted by Crippen LogP contribution is -2.28. The zero-order valence-electron chi connectivity index (χ0n) is 18.6. The van der Waals surface area contributed by atoms with Crippen LogP contribution in [0.2, 0.25) is 0 Å². The van der Waals surface area contributed by atoms with Crippen molar-refractivity contribution in [1.29, 1.82) is 0 Å². The van der Waals surface area contributed by atoms with Crippen LogP contribution in [0.3, 0.4) is 0 Å². The molecule has 1 aliphatic heterocycles. The van der Waals surface area contributed by atoms with Crippen LogP contribution in [0.15, 0.2) is 43.2 Å². The highest BCUT2D eigenvalue weighted by molar-refractivity contribution is 5.83. The third kappa shape index (κ3) is 6.59. The SMILES string of the molecule is C=CCNC(=O)C(C)c1ccc(O[C@@H]2CCN(c3ncnc(OCC(C)(F)F)c3F)C2)cc1. The van der Waals surface area contributed by atoms with Gasteiger partial charge in [-0.15, -0.1) is 6.58 Å². The standard InChI is InChI=1S/C23H27F3N4O3/c1-4-10-27-21(31)15(2)16-5-7-17(8-6-16)33-18-9-11-30(12-18)20-19(24)22(29-14-28-20)32-13-23(3,25)26/h4-8,14-15,18H,1,9-13H2,2-3H3,(H,27,31)/t15?,18-/m1/s1. The summed E-state index contributed by atoms with van der Waals surface area (Å²) in [7, 11) is 0. The molecule has 1 aliphatic rings. The van der Waals surface area contributed by atoms with E-state index in [-0.39, 0.29) is 23.7 Å². The number of carbonyl (C=O) groups is 1. The average Bonchev–Trinajstić information content (AvgIpc) is 3.24. The van der Waals surface area contributed by atoms with Crippen molar-refractivity contribution in [2.24, 2.45) is 0 Å². The number of aromatic nitrogens is 2. The predicted molar refractivity (Wildman–Crippen MR) is 117 cm³/mol. The number of alkyl halides is 2. The van der Waals surface area contributed by atoms with E-state index in [0.717, 1.165) is 11.9 Å². The Hall–Kier alpha value is -3.30. The smallest absolute Gasteiger partial charge is 0.278 e. The molecule has 33 heavy (non-hydrogen) atoms. The van der Waals surface area contributed by atoms with Gasteiger partial charge in [0.25, 0.3) is 11.8 Å². The third-order valence-electron chi connectivity index (χ3n) is 5.14. The lowest BCUT2D eigenvalue weighted by molar-refractivity contribution is -0.122. The first kappa shape index (κ1) is 24.3. The number of nitrogens with one attached hydrogen (secondary N) is 1. The van der Waals surface area contributed by atoms with Crippen LogP contribution in [0.4, 0.5) is 19.0 Å². The minimum absolute atomic E-state index is 0.0137. The van der Waals surface area contributed by atoms with Gasteiger partial charge >= 0.3 is 0 Å². The summed E-state index contributed by atoms with van der Waals surface area (Å²) in [5.74, 6) is -4.28. The second kappa shape index (κ2) is 10.5. The Balaban J connectivity index is 1.58. The van der Waals surface area contributed by atoms with Crippen LogP contribution in [0.25, 0.3) is 0 Å². The first-order valence-electron chi connectivity index (χ1n) is 10.6. The van der Waals surface area contributed by atoms with Crippen LogP contribution in [0, 0.1) is 5.82 Å². The van der Waals surface area contributed by atoms with Gasteiger partial charge in [0.2, 0.25) is 11.7 Å². The molecule has 7 nitrogen and oxygen atoms in total. The summed E-state index contributed by atoms with van der Waals surface area (Å²) in [5.41, 5.74) is 0.852. The number of halogens is 3.